The van der Waals surface area contributed by atoms with Crippen LogP contribution in [0.5, 0.6) is 0 Å². The number of nitrogens with one attached hydrogen (secondary N) is 1. The van der Waals surface area contributed by atoms with Gasteiger partial charge in [-0.3, -0.25) is 4.79 Å². The van der Waals surface area contributed by atoms with Crippen molar-refractivity contribution in [1.29, 1.82) is 0 Å². The Bertz CT molecular complexity index is 1180. The van der Waals surface area contributed by atoms with Crippen molar-refractivity contribution >= 4 is 11.7 Å². The van der Waals surface area contributed by atoms with Gasteiger partial charge in [0.15, 0.2) is 5.82 Å². The van der Waals surface area contributed by atoms with E-state index >= 15 is 0 Å². The van der Waals surface area contributed by atoms with Crippen LogP contribution >= 0.6 is 0 Å². The molecular weight excluding hydrogens is 462 g/mol. The first kappa shape index (κ1) is 24.6. The second-order valence-electron chi connectivity index (χ2n) is 8.68. The normalized spacial score (nSPS) is 18.4. The Morgan fingerprint density at radius 1 is 1.14 bits per heavy atom. The van der Waals surface area contributed by atoms with Crippen LogP contribution in [0.2, 0.25) is 0 Å². The molecule has 1 aromatic carbocycles. The van der Waals surface area contributed by atoms with E-state index in [1.54, 1.807) is 24.0 Å². The Morgan fingerprint density at radius 3 is 2.54 bits per heavy atom. The molecule has 6 nitrogen and oxygen atoms in total. The fourth-order valence-corrected chi connectivity index (χ4v) is 4.44. The average Bonchev–Trinajstić information content (AvgIpc) is 2.84. The fraction of sp³-hybridized carbons (Fsp3) is 0.360. The van der Waals surface area contributed by atoms with Crippen LogP contribution in [-0.4, -0.2) is 44.9 Å². The molecule has 184 valence electrons. The van der Waals surface area contributed by atoms with E-state index in [0.29, 0.717) is 12.1 Å². The van der Waals surface area contributed by atoms with Gasteiger partial charge >= 0.3 is 6.18 Å². The fourth-order valence-electron chi connectivity index (χ4n) is 4.44. The first-order valence-corrected chi connectivity index (χ1v) is 11.3. The van der Waals surface area contributed by atoms with Crippen molar-refractivity contribution in [2.45, 2.75) is 38.9 Å². The minimum Gasteiger partial charge on any atom is -0.368 e. The summed E-state index contributed by atoms with van der Waals surface area (Å²) in [6.07, 6.45) is 0.963. The monoisotopic (exact) mass is 487 g/mol. The van der Waals surface area contributed by atoms with Gasteiger partial charge in [0.1, 0.15) is 11.6 Å². The summed E-state index contributed by atoms with van der Waals surface area (Å²) in [5.74, 6) is -0.392. The zero-order chi connectivity index (χ0) is 25.2. The van der Waals surface area contributed by atoms with Crippen LogP contribution in [0.3, 0.4) is 0 Å². The molecule has 0 radical (unpaired) electrons. The first-order chi connectivity index (χ1) is 16.7. The molecular formula is C25H25F4N5O. The third-order valence-corrected chi connectivity index (χ3v) is 6.33. The molecule has 0 unspecified atom stereocenters. The Labute approximate surface area is 200 Å². The molecule has 4 rings (SSSR count). The van der Waals surface area contributed by atoms with Gasteiger partial charge < -0.3 is 10.2 Å². The molecule has 35 heavy (non-hydrogen) atoms. The van der Waals surface area contributed by atoms with Gasteiger partial charge in [-0.25, -0.2) is 19.3 Å². The Kier molecular flexibility index (Phi) is 7.00. The SMILES string of the molecule is Cc1ccc(F)c(-c2ncccn2)c1C(=O)N1CCC[C@@H](C)[C@H]1CNc1ccc(C(F)(F)F)cn1. The predicted octanol–water partition coefficient (Wildman–Crippen LogP) is 5.36. The van der Waals surface area contributed by atoms with E-state index in [4.69, 9.17) is 0 Å². The molecule has 3 aromatic rings. The van der Waals surface area contributed by atoms with Gasteiger partial charge in [0.05, 0.1) is 22.7 Å². The van der Waals surface area contributed by atoms with Crippen molar-refractivity contribution in [1.82, 2.24) is 19.9 Å². The van der Waals surface area contributed by atoms with Crippen LogP contribution in [0.25, 0.3) is 11.4 Å². The highest BCUT2D eigenvalue weighted by atomic mass is 19.4. The van der Waals surface area contributed by atoms with E-state index in [-0.39, 0.29) is 47.2 Å². The van der Waals surface area contributed by atoms with Gasteiger partial charge in [-0.05, 0) is 55.5 Å². The van der Waals surface area contributed by atoms with Gasteiger partial charge in [-0.1, -0.05) is 13.0 Å². The minimum atomic E-state index is -4.46. The summed E-state index contributed by atoms with van der Waals surface area (Å²) in [4.78, 5) is 27.7. The average molecular weight is 488 g/mol. The van der Waals surface area contributed by atoms with Crippen molar-refractivity contribution in [2.24, 2.45) is 5.92 Å². The third-order valence-electron chi connectivity index (χ3n) is 6.33. The molecule has 0 bridgehead atoms. The topological polar surface area (TPSA) is 71.0 Å². The van der Waals surface area contributed by atoms with Crippen molar-refractivity contribution in [3.05, 3.63) is 71.4 Å². The lowest BCUT2D eigenvalue weighted by molar-refractivity contribution is -0.137. The number of rotatable bonds is 5. The van der Waals surface area contributed by atoms with Gasteiger partial charge in [0.2, 0.25) is 0 Å². The molecule has 2 atom stereocenters. The summed E-state index contributed by atoms with van der Waals surface area (Å²) < 4.78 is 53.4. The lowest BCUT2D eigenvalue weighted by Crippen LogP contribution is -2.51. The molecule has 0 spiro atoms. The van der Waals surface area contributed by atoms with E-state index in [1.807, 2.05) is 6.92 Å². The number of aromatic nitrogens is 3. The number of aryl methyl sites for hydroxylation is 1. The number of hydrogen-bond donors (Lipinski definition) is 1. The lowest BCUT2D eigenvalue weighted by Gasteiger charge is -2.40. The summed E-state index contributed by atoms with van der Waals surface area (Å²) in [5.41, 5.74) is 0.0456. The highest BCUT2D eigenvalue weighted by Gasteiger charge is 2.35. The zero-order valence-corrected chi connectivity index (χ0v) is 19.3. The number of alkyl halides is 3. The maximum atomic E-state index is 15.0. The maximum Gasteiger partial charge on any atom is 0.417 e. The highest BCUT2D eigenvalue weighted by Crippen LogP contribution is 2.32. The third kappa shape index (κ3) is 5.26. The second-order valence-corrected chi connectivity index (χ2v) is 8.68. The molecule has 1 saturated heterocycles. The van der Waals surface area contributed by atoms with Crippen molar-refractivity contribution in [3.8, 4) is 11.4 Å². The highest BCUT2D eigenvalue weighted by molar-refractivity contribution is 6.02. The number of pyridine rings is 1. The van der Waals surface area contributed by atoms with Gasteiger partial charge in [-0.2, -0.15) is 13.2 Å². The zero-order valence-electron chi connectivity index (χ0n) is 19.3. The summed E-state index contributed by atoms with van der Waals surface area (Å²) in [6, 6.07) is 6.43. The smallest absolute Gasteiger partial charge is 0.368 e. The van der Waals surface area contributed by atoms with E-state index < -0.39 is 17.6 Å². The number of amides is 1. The summed E-state index contributed by atoms with van der Waals surface area (Å²) in [7, 11) is 0. The molecule has 0 saturated carbocycles. The molecule has 1 fully saturated rings. The molecule has 1 N–H and O–H groups in total. The lowest BCUT2D eigenvalue weighted by atomic mass is 9.89. The first-order valence-electron chi connectivity index (χ1n) is 11.3. The van der Waals surface area contributed by atoms with E-state index in [9.17, 15) is 22.4 Å². The second kappa shape index (κ2) is 9.97. The van der Waals surface area contributed by atoms with Crippen LogP contribution in [0.15, 0.2) is 48.9 Å². The number of nitrogens with zero attached hydrogens (tertiary/aromatic N) is 4. The van der Waals surface area contributed by atoms with Crippen molar-refractivity contribution < 1.29 is 22.4 Å². The quantitative estimate of drug-likeness (QED) is 0.491. The molecule has 0 aliphatic carbocycles. The molecule has 3 heterocycles. The minimum absolute atomic E-state index is 0.0601. The number of piperidine rings is 1. The van der Waals surface area contributed by atoms with Gasteiger partial charge in [-0.15, -0.1) is 0 Å². The van der Waals surface area contributed by atoms with Crippen molar-refractivity contribution in [2.75, 3.05) is 18.4 Å². The van der Waals surface area contributed by atoms with Crippen molar-refractivity contribution in [3.63, 3.8) is 0 Å². The Morgan fingerprint density at radius 2 is 1.89 bits per heavy atom. The summed E-state index contributed by atoms with van der Waals surface area (Å²) in [6.45, 7) is 4.52. The molecule has 1 aliphatic heterocycles. The van der Waals surface area contributed by atoms with Gasteiger partial charge in [0, 0.05) is 31.7 Å². The standard InChI is InChI=1S/C25H25F4N5O/c1-15-5-3-12-34(19(15)14-33-20-9-7-17(13-32-20)25(27,28)29)24(35)21-16(2)6-8-18(26)22(21)23-30-10-4-11-31-23/h4,6-11,13,15,19H,3,5,12,14H2,1-2H3,(H,32,33)/t15-,19-/m1/s1. The maximum absolute atomic E-state index is 15.0. The van der Waals surface area contributed by atoms with Crippen LogP contribution in [0.4, 0.5) is 23.4 Å². The van der Waals surface area contributed by atoms with E-state index in [1.165, 1.54) is 24.5 Å². The number of carbonyl (C=O) groups is 1. The summed E-state index contributed by atoms with van der Waals surface area (Å²) in [5, 5.41) is 3.06. The molecule has 1 amide bonds. The number of anilines is 1. The number of carbonyl (C=O) groups excluding carboxylic acids is 1. The molecule has 10 heteroatoms. The van der Waals surface area contributed by atoms with Crippen LogP contribution in [0.1, 0.15) is 41.3 Å². The predicted molar refractivity (Wildman–Crippen MR) is 123 cm³/mol. The number of hydrogen-bond acceptors (Lipinski definition) is 5. The number of halogens is 4. The van der Waals surface area contributed by atoms with Crippen LogP contribution < -0.4 is 5.32 Å². The Hall–Kier alpha value is -3.56. The van der Waals surface area contributed by atoms with E-state index in [2.05, 4.69) is 20.3 Å². The largest absolute Gasteiger partial charge is 0.417 e. The number of likely N-dealkylation sites (tertiary alicyclic amines) is 1. The van der Waals surface area contributed by atoms with E-state index in [0.717, 1.165) is 25.1 Å². The van der Waals surface area contributed by atoms with Crippen LogP contribution in [0, 0.1) is 18.7 Å². The molecule has 1 aliphatic rings. The van der Waals surface area contributed by atoms with Gasteiger partial charge in [0.25, 0.3) is 5.91 Å². The Balaban J connectivity index is 1.61. The summed E-state index contributed by atoms with van der Waals surface area (Å²) >= 11 is 0. The molecule has 2 aromatic heterocycles. The van der Waals surface area contributed by atoms with Crippen LogP contribution in [-0.2, 0) is 6.18 Å². The number of benzene rings is 1.